The van der Waals surface area contributed by atoms with Gasteiger partial charge in [0.15, 0.2) is 0 Å². The zero-order valence-corrected chi connectivity index (χ0v) is 75.2. The van der Waals surface area contributed by atoms with Crippen molar-refractivity contribution in [1.82, 2.24) is 0 Å². The monoisotopic (exact) mass is 1420 g/mol. The Bertz CT molecular complexity index is 1360. The van der Waals surface area contributed by atoms with Gasteiger partial charge in [0.1, 0.15) is 0 Å². The van der Waals surface area contributed by atoms with Gasteiger partial charge in [-0.2, -0.15) is 0 Å². The third-order valence-electron chi connectivity index (χ3n) is 25.8. The molecule has 0 atom stereocenters. The first-order valence-corrected chi connectivity index (χ1v) is 48.0. The molecule has 0 heterocycles. The molecule has 0 aromatic carbocycles. The van der Waals surface area contributed by atoms with Crippen LogP contribution in [-0.4, -0.2) is 0 Å². The van der Waals surface area contributed by atoms with Gasteiger partial charge in [-0.15, -0.1) is 0 Å². The predicted molar refractivity (Wildman–Crippen MR) is 465 cm³/mol. The van der Waals surface area contributed by atoms with E-state index in [0.29, 0.717) is 0 Å². The minimum absolute atomic E-state index is 0.833. The summed E-state index contributed by atoms with van der Waals surface area (Å²) >= 11 is 0. The van der Waals surface area contributed by atoms with Crippen molar-refractivity contribution in [1.29, 1.82) is 0 Å². The third-order valence-corrected chi connectivity index (χ3v) is 25.8. The van der Waals surface area contributed by atoms with Crippen LogP contribution in [0.3, 0.4) is 0 Å². The molecule has 14 saturated carbocycles. The summed E-state index contributed by atoms with van der Waals surface area (Å²) in [5.74, 6) is 5.83. The van der Waals surface area contributed by atoms with E-state index in [4.69, 9.17) is 0 Å². The maximum Gasteiger partial charge on any atom is -0.0297 e. The lowest BCUT2D eigenvalue weighted by Crippen LogP contribution is -2.26. The second kappa shape index (κ2) is 58.9. The predicted octanol–water partition coefficient (Wildman–Crippen LogP) is 37.4. The lowest BCUT2D eigenvalue weighted by molar-refractivity contribution is 0.124. The van der Waals surface area contributed by atoms with Gasteiger partial charge >= 0.3 is 0 Å². The smallest absolute Gasteiger partial charge is 0.0297 e. The quantitative estimate of drug-likeness (QED) is 0.227. The molecule has 0 unspecified atom stereocenters. The van der Waals surface area contributed by atoms with Crippen molar-refractivity contribution >= 4 is 0 Å². The average Bonchev–Trinajstić information content (AvgIpc) is 1.84. The van der Waals surface area contributed by atoms with Gasteiger partial charge in [0.25, 0.3) is 0 Å². The van der Waals surface area contributed by atoms with Gasteiger partial charge in [0.2, 0.25) is 0 Å². The number of hydrogen-bond donors (Lipinski definition) is 0. The first-order valence-electron chi connectivity index (χ1n) is 48.0. The summed E-state index contributed by atoms with van der Waals surface area (Å²) in [4.78, 5) is 0. The molecule has 0 aromatic heterocycles. The first-order chi connectivity index (χ1) is 48.0. The van der Waals surface area contributed by atoms with Crippen LogP contribution < -0.4 is 0 Å². The van der Waals surface area contributed by atoms with E-state index in [1.54, 1.807) is 180 Å². The number of hydrogen-bond acceptors (Lipinski definition) is 0. The molecule has 14 fully saturated rings. The summed E-state index contributed by atoms with van der Waals surface area (Å²) in [6.07, 6.45) is 102. The van der Waals surface area contributed by atoms with Crippen LogP contribution in [0.4, 0.5) is 0 Å². The maximum absolute atomic E-state index is 2.17. The average molecular weight is 1420 g/mol. The van der Waals surface area contributed by atoms with Gasteiger partial charge in [-0.05, 0) is 259 Å². The molecule has 101 heavy (non-hydrogen) atoms. The van der Waals surface area contributed by atoms with Crippen LogP contribution in [-0.2, 0) is 0 Å². The highest BCUT2D eigenvalue weighted by Gasteiger charge is 2.39. The van der Waals surface area contributed by atoms with Crippen LogP contribution in [0.5, 0.6) is 0 Å². The van der Waals surface area contributed by atoms with E-state index in [0.717, 1.165) is 79.3 Å². The van der Waals surface area contributed by atoms with Crippen LogP contribution in [0.1, 0.15) is 569 Å². The van der Waals surface area contributed by atoms with Gasteiger partial charge in [0, 0.05) is 0 Å². The molecule has 7 spiro atoms. The molecule has 0 nitrogen and oxygen atoms in total. The summed E-state index contributed by atoms with van der Waals surface area (Å²) in [7, 11) is 0. The third kappa shape index (κ3) is 51.9. The van der Waals surface area contributed by atoms with Crippen molar-refractivity contribution < 1.29 is 0 Å². The van der Waals surface area contributed by atoms with E-state index < -0.39 is 0 Å². The highest BCUT2D eigenvalue weighted by molar-refractivity contribution is 4.91. The molecule has 0 radical (unpaired) electrons. The van der Waals surface area contributed by atoms with Crippen molar-refractivity contribution in [3.63, 3.8) is 0 Å². The van der Waals surface area contributed by atoms with E-state index in [-0.39, 0.29) is 0 Å². The van der Waals surface area contributed by atoms with Crippen LogP contribution in [0.25, 0.3) is 0 Å². The topological polar surface area (TPSA) is 0 Å². The van der Waals surface area contributed by atoms with Crippen molar-refractivity contribution in [2.75, 3.05) is 0 Å². The van der Waals surface area contributed by atoms with E-state index in [2.05, 4.69) is 145 Å². The molecule has 0 bridgehead atoms. The van der Waals surface area contributed by atoms with Crippen molar-refractivity contribution in [2.45, 2.75) is 569 Å². The molecule has 0 saturated heterocycles. The zero-order chi connectivity index (χ0) is 75.2. The fourth-order valence-corrected chi connectivity index (χ4v) is 21.0. The number of rotatable bonds is 0. The molecule has 0 heteroatoms. The largest absolute Gasteiger partial charge is 0.0630 e. The summed E-state index contributed by atoms with van der Waals surface area (Å²) in [6.45, 7) is 45.5. The van der Waals surface area contributed by atoms with E-state index in [1.807, 2.05) is 0 Å². The van der Waals surface area contributed by atoms with E-state index in [1.165, 1.54) is 244 Å². The SMILES string of the molecule is C1CCC2(CC1)CCCC2.C1CCC2(CC1)CCCC2.C1CCC2(CC1)CCCC2.C1CCC2(CC1)CCCC2.C1CCC2(CC1)CCCCC2.C1CCC2(CC1)CCCCC2.C1CCC2(CC1)CCCCC2.CC(C)C.CC(C)C.CC(C)C.CC(C)C.CC(C)C.CC(C)C.CC(C)C. The standard InChI is InChI=1S/3C11H20.4C10H18.7C4H10/c3*1-3-7-11(8-4-1)9-5-2-6-10-11;4*1-2-6-10(7-3-1)8-4-5-9-10;7*1-4(2)3/h3*1-10H2;4*1-9H2;7*4H,1-3H3. The molecule has 14 rings (SSSR count). The lowest BCUT2D eigenvalue weighted by atomic mass is 9.65. The lowest BCUT2D eigenvalue weighted by Gasteiger charge is -2.40. The van der Waals surface area contributed by atoms with E-state index >= 15 is 0 Å². The summed E-state index contributed by atoms with van der Waals surface area (Å²) in [5.41, 5.74) is 6.07. The fraction of sp³-hybridized carbons (Fsp3) is 1.00. The molecule has 0 N–H and O–H groups in total. The second-order valence-corrected chi connectivity index (χ2v) is 43.1. The summed E-state index contributed by atoms with van der Waals surface area (Å²) in [6, 6.07) is 0. The second-order valence-electron chi connectivity index (χ2n) is 43.1. The Hall–Kier alpha value is 0. The Morgan fingerprint density at radius 2 is 0.129 bits per heavy atom. The van der Waals surface area contributed by atoms with Gasteiger partial charge in [-0.3, -0.25) is 0 Å². The van der Waals surface area contributed by atoms with Gasteiger partial charge < -0.3 is 0 Å². The molecule has 0 aliphatic heterocycles. The Balaban J connectivity index is 0.000000556. The van der Waals surface area contributed by atoms with Crippen LogP contribution in [0.15, 0.2) is 0 Å². The van der Waals surface area contributed by atoms with Gasteiger partial charge in [-0.1, -0.05) is 389 Å². The highest BCUT2D eigenvalue weighted by atomic mass is 14.4. The molecule has 0 aromatic rings. The van der Waals surface area contributed by atoms with Crippen molar-refractivity contribution in [3.8, 4) is 0 Å². The minimum atomic E-state index is 0.833. The fourth-order valence-electron chi connectivity index (χ4n) is 21.0. The molecule has 0 amide bonds. The zero-order valence-electron chi connectivity index (χ0n) is 75.2. The van der Waals surface area contributed by atoms with Crippen LogP contribution >= 0.6 is 0 Å². The molecular formula is C101H202. The summed E-state index contributed by atoms with van der Waals surface area (Å²) in [5, 5.41) is 0. The Kier molecular flexibility index (Phi) is 57.7. The maximum atomic E-state index is 2.17. The van der Waals surface area contributed by atoms with E-state index in [9.17, 15) is 0 Å². The highest BCUT2D eigenvalue weighted by Crippen LogP contribution is 2.53. The van der Waals surface area contributed by atoms with Gasteiger partial charge in [0.05, 0.1) is 0 Å². The van der Waals surface area contributed by atoms with Crippen LogP contribution in [0.2, 0.25) is 0 Å². The first kappa shape index (κ1) is 99.0. The molecular weight excluding hydrogens is 1210 g/mol. The van der Waals surface area contributed by atoms with Gasteiger partial charge in [-0.25, -0.2) is 0 Å². The van der Waals surface area contributed by atoms with Crippen molar-refractivity contribution in [3.05, 3.63) is 0 Å². The Morgan fingerprint density at radius 3 is 0.178 bits per heavy atom. The Morgan fingerprint density at radius 1 is 0.0891 bits per heavy atom. The summed E-state index contributed by atoms with van der Waals surface area (Å²) < 4.78 is 0. The normalized spacial score (nSPS) is 24.8. The molecule has 606 valence electrons. The minimum Gasteiger partial charge on any atom is -0.0630 e. The Labute approximate surface area is 644 Å². The van der Waals surface area contributed by atoms with Crippen molar-refractivity contribution in [2.24, 2.45) is 79.3 Å². The van der Waals surface area contributed by atoms with Crippen LogP contribution in [0, 0.1) is 79.3 Å². The molecule has 14 aliphatic rings. The molecule has 14 aliphatic carbocycles.